The molecule has 1 atom stereocenters. The predicted octanol–water partition coefficient (Wildman–Crippen LogP) is 5.68. The van der Waals surface area contributed by atoms with E-state index in [1.807, 2.05) is 39.8 Å². The van der Waals surface area contributed by atoms with E-state index in [0.717, 1.165) is 18.2 Å². The summed E-state index contributed by atoms with van der Waals surface area (Å²) in [6, 6.07) is 11.7. The maximum atomic E-state index is 13.6. The van der Waals surface area contributed by atoms with Crippen LogP contribution in [0.1, 0.15) is 58.1 Å². The molecule has 2 amide bonds. The van der Waals surface area contributed by atoms with Crippen LogP contribution in [0.2, 0.25) is 10.0 Å². The van der Waals surface area contributed by atoms with Crippen LogP contribution < -0.4 is 9.62 Å². The smallest absolute Gasteiger partial charge is 0.242 e. The van der Waals surface area contributed by atoms with Crippen LogP contribution >= 0.6 is 23.2 Å². The van der Waals surface area contributed by atoms with Crippen LogP contribution in [0.5, 0.6) is 0 Å². The Morgan fingerprint density at radius 3 is 2.11 bits per heavy atom. The molecule has 0 aromatic heterocycles. The zero-order valence-electron chi connectivity index (χ0n) is 22.8. The van der Waals surface area contributed by atoms with Crippen molar-refractivity contribution in [2.24, 2.45) is 5.92 Å². The molecule has 0 saturated heterocycles. The number of carbonyl (C=O) groups is 2. The van der Waals surface area contributed by atoms with Gasteiger partial charge in [0, 0.05) is 41.7 Å². The van der Waals surface area contributed by atoms with Gasteiger partial charge in [-0.05, 0) is 55.0 Å². The van der Waals surface area contributed by atoms with Crippen LogP contribution in [0, 0.1) is 5.92 Å². The molecule has 38 heavy (non-hydrogen) atoms. The molecule has 1 N–H and O–H groups in total. The van der Waals surface area contributed by atoms with E-state index in [0.29, 0.717) is 34.3 Å². The number of hydrogen-bond acceptors (Lipinski definition) is 4. The standard InChI is InChI=1S/C28H39Cl2N3O4S/c1-6-21-13-15-22(16-14-21)33(38(5,36)37)17-9-12-27(34)32(19-23-24(29)10-8-11-25(23)30)26(7-2)28(35)31-18-20(3)4/h8,10-11,13-16,20,26H,6-7,9,12,17-19H2,1-5H3,(H,31,35)/t26-/m0/s1. The van der Waals surface area contributed by atoms with Gasteiger partial charge in [0.05, 0.1) is 11.9 Å². The van der Waals surface area contributed by atoms with Crippen LogP contribution in [-0.4, -0.2) is 50.5 Å². The number of nitrogens with one attached hydrogen (secondary N) is 1. The lowest BCUT2D eigenvalue weighted by atomic mass is 10.1. The molecule has 2 rings (SSSR count). The predicted molar refractivity (Wildman–Crippen MR) is 156 cm³/mol. The fraction of sp³-hybridized carbons (Fsp3) is 0.500. The lowest BCUT2D eigenvalue weighted by Gasteiger charge is -2.32. The molecule has 0 unspecified atom stereocenters. The minimum Gasteiger partial charge on any atom is -0.354 e. The number of sulfonamides is 1. The molecule has 0 fully saturated rings. The van der Waals surface area contributed by atoms with E-state index in [2.05, 4.69) is 5.32 Å². The molecule has 2 aromatic carbocycles. The molecule has 2 aromatic rings. The van der Waals surface area contributed by atoms with Crippen molar-refractivity contribution in [2.45, 2.75) is 66.0 Å². The molecular formula is C28H39Cl2N3O4S. The Morgan fingerprint density at radius 1 is 1.00 bits per heavy atom. The van der Waals surface area contributed by atoms with Crippen molar-refractivity contribution in [1.29, 1.82) is 0 Å². The van der Waals surface area contributed by atoms with E-state index < -0.39 is 16.1 Å². The zero-order chi connectivity index (χ0) is 28.5. The molecule has 10 heteroatoms. The summed E-state index contributed by atoms with van der Waals surface area (Å²) in [5, 5.41) is 3.74. The van der Waals surface area contributed by atoms with Crippen molar-refractivity contribution >= 4 is 50.7 Å². The quantitative estimate of drug-likeness (QED) is 0.310. The Balaban J connectivity index is 2.26. The normalized spacial score (nSPS) is 12.3. The van der Waals surface area contributed by atoms with E-state index in [1.54, 1.807) is 30.3 Å². The first-order valence-electron chi connectivity index (χ1n) is 13.0. The minimum absolute atomic E-state index is 0.0507. The lowest BCUT2D eigenvalue weighted by molar-refractivity contribution is -0.141. The Labute approximate surface area is 237 Å². The van der Waals surface area contributed by atoms with Crippen LogP contribution in [0.25, 0.3) is 0 Å². The third-order valence-corrected chi connectivity index (χ3v) is 8.15. The summed E-state index contributed by atoms with van der Waals surface area (Å²) in [4.78, 5) is 28.1. The molecule has 0 aliphatic carbocycles. The van der Waals surface area contributed by atoms with E-state index in [-0.39, 0.29) is 43.7 Å². The highest BCUT2D eigenvalue weighted by atomic mass is 35.5. The van der Waals surface area contributed by atoms with Gasteiger partial charge in [0.1, 0.15) is 6.04 Å². The van der Waals surface area contributed by atoms with Crippen LogP contribution in [0.3, 0.4) is 0 Å². The summed E-state index contributed by atoms with van der Waals surface area (Å²) in [6.07, 6.45) is 2.73. The van der Waals surface area contributed by atoms with E-state index in [9.17, 15) is 18.0 Å². The monoisotopic (exact) mass is 583 g/mol. The van der Waals surface area contributed by atoms with Gasteiger partial charge in [0.15, 0.2) is 0 Å². The molecule has 0 saturated carbocycles. The molecule has 0 aliphatic rings. The van der Waals surface area contributed by atoms with Gasteiger partial charge in [-0.25, -0.2) is 8.42 Å². The summed E-state index contributed by atoms with van der Waals surface area (Å²) >= 11 is 12.8. The number of anilines is 1. The minimum atomic E-state index is -3.56. The number of nitrogens with zero attached hydrogens (tertiary/aromatic N) is 2. The van der Waals surface area contributed by atoms with Gasteiger partial charge in [0.25, 0.3) is 0 Å². The maximum Gasteiger partial charge on any atom is 0.242 e. The molecule has 0 heterocycles. The van der Waals surface area contributed by atoms with Crippen molar-refractivity contribution < 1.29 is 18.0 Å². The zero-order valence-corrected chi connectivity index (χ0v) is 25.2. The summed E-state index contributed by atoms with van der Waals surface area (Å²) < 4.78 is 26.4. The van der Waals surface area contributed by atoms with Gasteiger partial charge in [-0.2, -0.15) is 0 Å². The Hall–Kier alpha value is -2.29. The van der Waals surface area contributed by atoms with Crippen LogP contribution in [0.15, 0.2) is 42.5 Å². The fourth-order valence-corrected chi connectivity index (χ4v) is 5.58. The van der Waals surface area contributed by atoms with E-state index >= 15 is 0 Å². The number of aryl methyl sites for hydroxylation is 1. The number of amides is 2. The van der Waals surface area contributed by atoms with Crippen molar-refractivity contribution in [2.75, 3.05) is 23.7 Å². The molecule has 0 spiro atoms. The van der Waals surface area contributed by atoms with Gasteiger partial charge in [-0.15, -0.1) is 0 Å². The van der Waals surface area contributed by atoms with E-state index in [4.69, 9.17) is 23.2 Å². The van der Waals surface area contributed by atoms with Gasteiger partial charge in [-0.1, -0.05) is 69.1 Å². The van der Waals surface area contributed by atoms with Gasteiger partial charge >= 0.3 is 0 Å². The van der Waals surface area contributed by atoms with Crippen molar-refractivity contribution in [3.63, 3.8) is 0 Å². The molecule has 0 bridgehead atoms. The summed E-state index contributed by atoms with van der Waals surface area (Å²) in [6.45, 7) is 8.56. The highest BCUT2D eigenvalue weighted by Gasteiger charge is 2.30. The number of hydrogen-bond donors (Lipinski definition) is 1. The summed E-state index contributed by atoms with van der Waals surface area (Å²) in [5.41, 5.74) is 2.22. The highest BCUT2D eigenvalue weighted by molar-refractivity contribution is 7.92. The highest BCUT2D eigenvalue weighted by Crippen LogP contribution is 2.27. The second-order valence-corrected chi connectivity index (χ2v) is 12.5. The Bertz CT molecular complexity index is 1170. The molecule has 0 radical (unpaired) electrons. The number of rotatable bonds is 14. The Kier molecular flexibility index (Phi) is 12.4. The van der Waals surface area contributed by atoms with Crippen molar-refractivity contribution in [3.05, 3.63) is 63.6 Å². The second-order valence-electron chi connectivity index (χ2n) is 9.74. The summed E-state index contributed by atoms with van der Waals surface area (Å²) in [5.74, 6) is -0.263. The number of halogens is 2. The first-order chi connectivity index (χ1) is 17.9. The largest absolute Gasteiger partial charge is 0.354 e. The lowest BCUT2D eigenvalue weighted by Crippen LogP contribution is -2.49. The first kappa shape index (κ1) is 31.9. The third kappa shape index (κ3) is 9.17. The van der Waals surface area contributed by atoms with Gasteiger partial charge < -0.3 is 10.2 Å². The molecular weight excluding hydrogens is 545 g/mol. The van der Waals surface area contributed by atoms with Crippen molar-refractivity contribution in [1.82, 2.24) is 10.2 Å². The summed E-state index contributed by atoms with van der Waals surface area (Å²) in [7, 11) is -3.56. The maximum absolute atomic E-state index is 13.6. The first-order valence-corrected chi connectivity index (χ1v) is 15.6. The van der Waals surface area contributed by atoms with Crippen LogP contribution in [0.4, 0.5) is 5.69 Å². The Morgan fingerprint density at radius 2 is 1.61 bits per heavy atom. The fourth-order valence-electron chi connectivity index (χ4n) is 4.10. The van der Waals surface area contributed by atoms with Crippen molar-refractivity contribution in [3.8, 4) is 0 Å². The molecule has 7 nitrogen and oxygen atoms in total. The third-order valence-electron chi connectivity index (χ3n) is 6.25. The van der Waals surface area contributed by atoms with Crippen LogP contribution in [-0.2, 0) is 32.6 Å². The SMILES string of the molecule is CCc1ccc(N(CCCC(=O)N(Cc2c(Cl)cccc2Cl)[C@@H](CC)C(=O)NCC(C)C)S(C)(=O)=O)cc1. The number of benzene rings is 2. The number of carbonyl (C=O) groups excluding carboxylic acids is 2. The van der Waals surface area contributed by atoms with Gasteiger partial charge in [0.2, 0.25) is 21.8 Å². The molecule has 210 valence electrons. The second kappa shape index (κ2) is 14.8. The van der Waals surface area contributed by atoms with Gasteiger partial charge in [-0.3, -0.25) is 13.9 Å². The average Bonchev–Trinajstić information content (AvgIpc) is 2.86. The topological polar surface area (TPSA) is 86.8 Å². The average molecular weight is 585 g/mol. The van der Waals surface area contributed by atoms with E-state index in [1.165, 1.54) is 9.21 Å². The molecule has 0 aliphatic heterocycles.